The molecule has 3 rings (SSSR count). The lowest BCUT2D eigenvalue weighted by molar-refractivity contribution is 0.421. The van der Waals surface area contributed by atoms with E-state index in [4.69, 9.17) is 10.5 Å². The molecule has 0 bridgehead atoms. The summed E-state index contributed by atoms with van der Waals surface area (Å²) >= 11 is 0. The predicted octanol–water partition coefficient (Wildman–Crippen LogP) is 2.47. The van der Waals surface area contributed by atoms with E-state index in [1.165, 1.54) is 0 Å². The second-order valence-corrected chi connectivity index (χ2v) is 4.62. The molecule has 0 spiro atoms. The van der Waals surface area contributed by atoms with E-state index in [-0.39, 0.29) is 0 Å². The topological polar surface area (TPSA) is 68.9 Å². The van der Waals surface area contributed by atoms with Crippen LogP contribution in [-0.2, 0) is 7.05 Å². The molecule has 0 aliphatic rings. The van der Waals surface area contributed by atoms with Crippen molar-refractivity contribution in [1.82, 2.24) is 14.8 Å². The number of aromatic amines is 1. The zero-order chi connectivity index (χ0) is 13.6. The minimum absolute atomic E-state index is 0.628. The van der Waals surface area contributed by atoms with Gasteiger partial charge in [0.05, 0.1) is 12.8 Å². The smallest absolute Gasteiger partial charge is 0.137 e. The third-order valence-electron chi connectivity index (χ3n) is 3.39. The van der Waals surface area contributed by atoms with Gasteiger partial charge in [-0.15, -0.1) is 0 Å². The molecule has 2 heterocycles. The molecule has 0 aliphatic carbocycles. The van der Waals surface area contributed by atoms with Crippen LogP contribution in [0.2, 0.25) is 0 Å². The number of aromatic nitrogens is 3. The highest BCUT2D eigenvalue weighted by molar-refractivity contribution is 5.95. The van der Waals surface area contributed by atoms with Crippen LogP contribution in [0.4, 0.5) is 5.82 Å². The monoisotopic (exact) mass is 256 g/mol. The van der Waals surface area contributed by atoms with E-state index >= 15 is 0 Å². The third kappa shape index (κ3) is 1.66. The van der Waals surface area contributed by atoms with Crippen molar-refractivity contribution in [2.45, 2.75) is 6.92 Å². The summed E-state index contributed by atoms with van der Waals surface area (Å²) in [6.07, 6.45) is 1.98. The van der Waals surface area contributed by atoms with E-state index in [9.17, 15) is 0 Å². The van der Waals surface area contributed by atoms with E-state index < -0.39 is 0 Å². The number of nitrogens with one attached hydrogen (secondary N) is 1. The normalized spacial score (nSPS) is 11.1. The number of fused-ring (bicyclic) bond motifs is 1. The quantitative estimate of drug-likeness (QED) is 0.740. The molecule has 0 atom stereocenters. The number of nitrogen functional groups attached to an aromatic ring is 1. The number of nitrogens with two attached hydrogens (primary N) is 1. The Morgan fingerprint density at radius 1 is 1.37 bits per heavy atom. The molecule has 0 amide bonds. The van der Waals surface area contributed by atoms with Crippen molar-refractivity contribution in [3.63, 3.8) is 0 Å². The van der Waals surface area contributed by atoms with E-state index in [0.717, 1.165) is 33.5 Å². The van der Waals surface area contributed by atoms with Gasteiger partial charge in [0.2, 0.25) is 0 Å². The molecular formula is C14H16N4O. The SMILES string of the molecule is COc1c(-c2cc(N)n(C)n2)ccc2[nH]cc(C)c12. The van der Waals surface area contributed by atoms with Crippen molar-refractivity contribution in [3.8, 4) is 17.0 Å². The minimum Gasteiger partial charge on any atom is -0.495 e. The van der Waals surface area contributed by atoms with Crippen LogP contribution in [0.25, 0.3) is 22.2 Å². The van der Waals surface area contributed by atoms with Gasteiger partial charge >= 0.3 is 0 Å². The molecule has 5 nitrogen and oxygen atoms in total. The Hall–Kier alpha value is -2.43. The van der Waals surface area contributed by atoms with Gasteiger partial charge in [0.1, 0.15) is 11.6 Å². The molecule has 1 aromatic carbocycles. The first-order chi connectivity index (χ1) is 9.11. The van der Waals surface area contributed by atoms with Gasteiger partial charge in [0.15, 0.2) is 0 Å². The van der Waals surface area contributed by atoms with Crippen LogP contribution < -0.4 is 10.5 Å². The van der Waals surface area contributed by atoms with E-state index in [1.807, 2.05) is 31.4 Å². The van der Waals surface area contributed by atoms with E-state index in [2.05, 4.69) is 17.0 Å². The number of ether oxygens (including phenoxy) is 1. The van der Waals surface area contributed by atoms with Gasteiger partial charge in [0, 0.05) is 35.8 Å². The third-order valence-corrected chi connectivity index (χ3v) is 3.39. The fraction of sp³-hybridized carbons (Fsp3) is 0.214. The number of rotatable bonds is 2. The van der Waals surface area contributed by atoms with Gasteiger partial charge in [-0.2, -0.15) is 5.10 Å². The molecule has 0 saturated carbocycles. The zero-order valence-electron chi connectivity index (χ0n) is 11.2. The highest BCUT2D eigenvalue weighted by Gasteiger charge is 2.15. The minimum atomic E-state index is 0.628. The van der Waals surface area contributed by atoms with Crippen LogP contribution in [0, 0.1) is 6.92 Å². The lowest BCUT2D eigenvalue weighted by atomic mass is 10.1. The average molecular weight is 256 g/mol. The number of benzene rings is 1. The number of aryl methyl sites for hydroxylation is 2. The molecule has 2 aromatic heterocycles. The van der Waals surface area contributed by atoms with Crippen LogP contribution in [0.1, 0.15) is 5.56 Å². The molecule has 3 N–H and O–H groups in total. The Morgan fingerprint density at radius 2 is 2.16 bits per heavy atom. The van der Waals surface area contributed by atoms with Crippen molar-refractivity contribution in [2.75, 3.05) is 12.8 Å². The number of hydrogen-bond acceptors (Lipinski definition) is 3. The zero-order valence-corrected chi connectivity index (χ0v) is 11.2. The summed E-state index contributed by atoms with van der Waals surface area (Å²) < 4.78 is 7.25. The Bertz CT molecular complexity index is 735. The Balaban J connectivity index is 2.31. The number of methoxy groups -OCH3 is 1. The van der Waals surface area contributed by atoms with Crippen molar-refractivity contribution in [2.24, 2.45) is 7.05 Å². The second-order valence-electron chi connectivity index (χ2n) is 4.62. The number of anilines is 1. The molecule has 19 heavy (non-hydrogen) atoms. The first-order valence-corrected chi connectivity index (χ1v) is 6.06. The number of nitrogens with zero attached hydrogens (tertiary/aromatic N) is 2. The highest BCUT2D eigenvalue weighted by Crippen LogP contribution is 2.37. The largest absolute Gasteiger partial charge is 0.495 e. The molecule has 0 radical (unpaired) electrons. The van der Waals surface area contributed by atoms with Gasteiger partial charge in [-0.25, -0.2) is 0 Å². The lowest BCUT2D eigenvalue weighted by Crippen LogP contribution is -1.96. The summed E-state index contributed by atoms with van der Waals surface area (Å²) in [5.41, 5.74) is 9.82. The maximum absolute atomic E-state index is 5.85. The summed E-state index contributed by atoms with van der Waals surface area (Å²) in [5.74, 6) is 1.46. The van der Waals surface area contributed by atoms with Crippen LogP contribution in [-0.4, -0.2) is 21.9 Å². The van der Waals surface area contributed by atoms with Crippen LogP contribution >= 0.6 is 0 Å². The lowest BCUT2D eigenvalue weighted by Gasteiger charge is -2.08. The Kier molecular flexibility index (Phi) is 2.48. The maximum Gasteiger partial charge on any atom is 0.137 e. The summed E-state index contributed by atoms with van der Waals surface area (Å²) in [4.78, 5) is 3.23. The molecular weight excluding hydrogens is 240 g/mol. The standard InChI is InChI=1S/C14H16N4O/c1-8-7-16-10-5-4-9(14(19-3)13(8)10)11-6-12(15)18(2)17-11/h4-7,16H,15H2,1-3H3. The Labute approximate surface area is 111 Å². The summed E-state index contributed by atoms with van der Waals surface area (Å²) in [5, 5.41) is 5.50. The highest BCUT2D eigenvalue weighted by atomic mass is 16.5. The van der Waals surface area contributed by atoms with E-state index in [0.29, 0.717) is 5.82 Å². The predicted molar refractivity (Wildman–Crippen MR) is 76.2 cm³/mol. The van der Waals surface area contributed by atoms with Crippen LogP contribution in [0.3, 0.4) is 0 Å². The van der Waals surface area contributed by atoms with Gasteiger partial charge in [-0.05, 0) is 24.6 Å². The van der Waals surface area contributed by atoms with Gasteiger partial charge in [0.25, 0.3) is 0 Å². The Morgan fingerprint density at radius 3 is 2.79 bits per heavy atom. The molecule has 0 saturated heterocycles. The molecule has 0 unspecified atom stereocenters. The summed E-state index contributed by atoms with van der Waals surface area (Å²) in [6, 6.07) is 5.88. The number of H-pyrrole nitrogens is 1. The van der Waals surface area contributed by atoms with Gasteiger partial charge in [-0.3, -0.25) is 4.68 Å². The average Bonchev–Trinajstić information content (AvgIpc) is 2.93. The molecule has 0 fully saturated rings. The van der Waals surface area contributed by atoms with Crippen LogP contribution in [0.5, 0.6) is 5.75 Å². The number of hydrogen-bond donors (Lipinski definition) is 2. The van der Waals surface area contributed by atoms with Crippen molar-refractivity contribution < 1.29 is 4.74 Å². The van der Waals surface area contributed by atoms with Crippen molar-refractivity contribution in [1.29, 1.82) is 0 Å². The summed E-state index contributed by atoms with van der Waals surface area (Å²) in [7, 11) is 3.50. The summed E-state index contributed by atoms with van der Waals surface area (Å²) in [6.45, 7) is 2.05. The molecule has 98 valence electrons. The first-order valence-electron chi connectivity index (χ1n) is 6.06. The molecule has 3 aromatic rings. The molecule has 5 heteroatoms. The first kappa shape index (κ1) is 11.6. The fourth-order valence-corrected chi connectivity index (χ4v) is 2.38. The second kappa shape index (κ2) is 4.05. The van der Waals surface area contributed by atoms with Crippen molar-refractivity contribution in [3.05, 3.63) is 30.0 Å². The van der Waals surface area contributed by atoms with Crippen molar-refractivity contribution >= 4 is 16.7 Å². The maximum atomic E-state index is 5.85. The van der Waals surface area contributed by atoms with Crippen LogP contribution in [0.15, 0.2) is 24.4 Å². The molecule has 0 aliphatic heterocycles. The van der Waals surface area contributed by atoms with E-state index in [1.54, 1.807) is 11.8 Å². The van der Waals surface area contributed by atoms with Gasteiger partial charge in [-0.1, -0.05) is 0 Å². The fourth-order valence-electron chi connectivity index (χ4n) is 2.38. The van der Waals surface area contributed by atoms with Gasteiger partial charge < -0.3 is 15.5 Å².